The van der Waals surface area contributed by atoms with E-state index in [1.807, 2.05) is 11.4 Å². The quantitative estimate of drug-likeness (QED) is 0.749. The number of aliphatic hydroxyl groups is 1. The van der Waals surface area contributed by atoms with Gasteiger partial charge in [0.15, 0.2) is 0 Å². The smallest absolute Gasteiger partial charge is 0.0626 e. The van der Waals surface area contributed by atoms with Crippen molar-refractivity contribution in [2.24, 2.45) is 0 Å². The molecular weight excluding hydrogens is 170 g/mol. The fourth-order valence-corrected chi connectivity index (χ4v) is 1.84. The molecule has 0 aliphatic carbocycles. The van der Waals surface area contributed by atoms with Crippen LogP contribution in [-0.4, -0.2) is 17.8 Å². The van der Waals surface area contributed by atoms with E-state index < -0.39 is 0 Å². The summed E-state index contributed by atoms with van der Waals surface area (Å²) < 4.78 is 0. The molecule has 1 atom stereocenters. The zero-order valence-electron chi connectivity index (χ0n) is 7.45. The Morgan fingerprint density at radius 3 is 2.75 bits per heavy atom. The highest BCUT2D eigenvalue weighted by Crippen LogP contribution is 2.16. The van der Waals surface area contributed by atoms with E-state index in [0.29, 0.717) is 6.04 Å². The molecule has 0 saturated carbocycles. The number of nitrogens with one attached hydrogen (secondary N) is 1. The van der Waals surface area contributed by atoms with E-state index in [1.165, 1.54) is 5.56 Å². The monoisotopic (exact) mass is 185 g/mol. The van der Waals surface area contributed by atoms with Gasteiger partial charge in [0.25, 0.3) is 0 Å². The molecule has 68 valence electrons. The first kappa shape index (κ1) is 9.71. The topological polar surface area (TPSA) is 32.3 Å². The van der Waals surface area contributed by atoms with Crippen molar-refractivity contribution in [1.82, 2.24) is 5.32 Å². The van der Waals surface area contributed by atoms with E-state index >= 15 is 0 Å². The van der Waals surface area contributed by atoms with Crippen LogP contribution in [0.4, 0.5) is 0 Å². The van der Waals surface area contributed by atoms with Gasteiger partial charge in [-0.25, -0.2) is 0 Å². The van der Waals surface area contributed by atoms with Crippen LogP contribution >= 0.6 is 11.3 Å². The lowest BCUT2D eigenvalue weighted by Gasteiger charge is -2.17. The normalized spacial score (nSPS) is 13.7. The van der Waals surface area contributed by atoms with Gasteiger partial charge in [0.05, 0.1) is 12.6 Å². The molecule has 0 bridgehead atoms. The molecule has 12 heavy (non-hydrogen) atoms. The molecule has 1 rings (SSSR count). The van der Waals surface area contributed by atoms with E-state index in [0.717, 1.165) is 0 Å². The van der Waals surface area contributed by atoms with E-state index in [1.54, 1.807) is 11.3 Å². The highest BCUT2D eigenvalue weighted by molar-refractivity contribution is 7.07. The second-order valence-electron chi connectivity index (χ2n) is 3.11. The van der Waals surface area contributed by atoms with Crippen LogP contribution in [0.1, 0.15) is 25.5 Å². The van der Waals surface area contributed by atoms with Crippen molar-refractivity contribution < 1.29 is 5.11 Å². The molecule has 0 radical (unpaired) electrons. The molecule has 0 aliphatic rings. The number of aliphatic hydroxyl groups excluding tert-OH is 1. The summed E-state index contributed by atoms with van der Waals surface area (Å²) in [6.07, 6.45) is 0. The lowest BCUT2D eigenvalue weighted by atomic mass is 10.1. The van der Waals surface area contributed by atoms with Gasteiger partial charge >= 0.3 is 0 Å². The van der Waals surface area contributed by atoms with Crippen molar-refractivity contribution in [3.63, 3.8) is 0 Å². The molecule has 0 amide bonds. The highest BCUT2D eigenvalue weighted by atomic mass is 32.1. The minimum Gasteiger partial charge on any atom is -0.394 e. The maximum atomic E-state index is 9.09. The Labute approximate surface area is 77.2 Å². The number of hydrogen-bond acceptors (Lipinski definition) is 3. The molecule has 2 nitrogen and oxygen atoms in total. The fraction of sp³-hybridized carbons (Fsp3) is 0.556. The Kier molecular flexibility index (Phi) is 3.72. The van der Waals surface area contributed by atoms with Crippen LogP contribution < -0.4 is 5.32 Å². The van der Waals surface area contributed by atoms with Gasteiger partial charge in [-0.05, 0) is 22.4 Å². The van der Waals surface area contributed by atoms with Crippen LogP contribution in [0.5, 0.6) is 0 Å². The summed E-state index contributed by atoms with van der Waals surface area (Å²) in [5.41, 5.74) is 1.18. The molecule has 1 heterocycles. The van der Waals surface area contributed by atoms with Crippen molar-refractivity contribution in [3.05, 3.63) is 22.4 Å². The Hall–Kier alpha value is -0.380. The number of rotatable bonds is 4. The van der Waals surface area contributed by atoms with Crippen molar-refractivity contribution in [2.75, 3.05) is 6.61 Å². The van der Waals surface area contributed by atoms with Crippen molar-refractivity contribution in [3.8, 4) is 0 Å². The van der Waals surface area contributed by atoms with Gasteiger partial charge in [0.1, 0.15) is 0 Å². The third kappa shape index (κ3) is 2.59. The average molecular weight is 185 g/mol. The zero-order chi connectivity index (χ0) is 8.97. The largest absolute Gasteiger partial charge is 0.394 e. The van der Waals surface area contributed by atoms with Crippen LogP contribution in [0.3, 0.4) is 0 Å². The molecule has 2 N–H and O–H groups in total. The van der Waals surface area contributed by atoms with Gasteiger partial charge in [-0.1, -0.05) is 13.8 Å². The van der Waals surface area contributed by atoms with Crippen LogP contribution in [-0.2, 0) is 0 Å². The van der Waals surface area contributed by atoms with E-state index in [2.05, 4.69) is 24.5 Å². The molecule has 1 aromatic heterocycles. The first-order chi connectivity index (χ1) is 5.74. The molecule has 3 heteroatoms. The fourth-order valence-electron chi connectivity index (χ4n) is 1.13. The zero-order valence-corrected chi connectivity index (χ0v) is 8.27. The molecule has 0 aromatic carbocycles. The Morgan fingerprint density at radius 2 is 2.33 bits per heavy atom. The van der Waals surface area contributed by atoms with Gasteiger partial charge in [-0.2, -0.15) is 11.3 Å². The maximum absolute atomic E-state index is 9.09. The van der Waals surface area contributed by atoms with Crippen LogP contribution in [0.25, 0.3) is 0 Å². The Morgan fingerprint density at radius 1 is 1.58 bits per heavy atom. The minimum atomic E-state index is 0.0937. The molecular formula is C9H15NOS. The van der Waals surface area contributed by atoms with Crippen LogP contribution in [0.15, 0.2) is 16.8 Å². The molecule has 0 saturated heterocycles. The summed E-state index contributed by atoms with van der Waals surface area (Å²) in [6.45, 7) is 4.32. The van der Waals surface area contributed by atoms with Gasteiger partial charge in [0, 0.05) is 6.04 Å². The van der Waals surface area contributed by atoms with Gasteiger partial charge in [-0.15, -0.1) is 0 Å². The van der Waals surface area contributed by atoms with E-state index in [-0.39, 0.29) is 12.6 Å². The summed E-state index contributed by atoms with van der Waals surface area (Å²) in [7, 11) is 0. The predicted molar refractivity (Wildman–Crippen MR) is 52.4 cm³/mol. The second kappa shape index (κ2) is 4.60. The summed E-state index contributed by atoms with van der Waals surface area (Å²) in [6, 6.07) is 2.54. The third-order valence-corrected chi connectivity index (χ3v) is 2.36. The minimum absolute atomic E-state index is 0.0937. The van der Waals surface area contributed by atoms with Gasteiger partial charge in [0.2, 0.25) is 0 Å². The lowest BCUT2D eigenvalue weighted by Crippen LogP contribution is -2.30. The second-order valence-corrected chi connectivity index (χ2v) is 3.89. The third-order valence-electron chi connectivity index (χ3n) is 1.66. The van der Waals surface area contributed by atoms with Gasteiger partial charge in [-0.3, -0.25) is 0 Å². The highest BCUT2D eigenvalue weighted by Gasteiger charge is 2.10. The number of hydrogen-bond donors (Lipinski definition) is 2. The van der Waals surface area contributed by atoms with Crippen molar-refractivity contribution in [1.29, 1.82) is 0 Å². The summed E-state index contributed by atoms with van der Waals surface area (Å²) in [5.74, 6) is 0. The average Bonchev–Trinajstić information content (AvgIpc) is 2.51. The Balaban J connectivity index is 2.57. The first-order valence-electron chi connectivity index (χ1n) is 4.13. The molecule has 0 spiro atoms. The SMILES string of the molecule is CC(C)NC(CO)c1ccsc1. The summed E-state index contributed by atoms with van der Waals surface area (Å²) >= 11 is 1.66. The maximum Gasteiger partial charge on any atom is 0.0626 e. The number of thiophene rings is 1. The first-order valence-corrected chi connectivity index (χ1v) is 5.07. The predicted octanol–water partition coefficient (Wildman–Crippen LogP) is 1.78. The summed E-state index contributed by atoms with van der Waals surface area (Å²) in [4.78, 5) is 0. The van der Waals surface area contributed by atoms with Crippen molar-refractivity contribution >= 4 is 11.3 Å². The molecule has 0 aliphatic heterocycles. The van der Waals surface area contributed by atoms with E-state index in [9.17, 15) is 0 Å². The van der Waals surface area contributed by atoms with Crippen molar-refractivity contribution in [2.45, 2.75) is 25.9 Å². The van der Waals surface area contributed by atoms with Gasteiger partial charge < -0.3 is 10.4 Å². The molecule has 0 fully saturated rings. The van der Waals surface area contributed by atoms with E-state index in [4.69, 9.17) is 5.11 Å². The standard InChI is InChI=1S/C9H15NOS/c1-7(2)10-9(5-11)8-3-4-12-6-8/h3-4,6-7,9-11H,5H2,1-2H3. The molecule has 1 aromatic rings. The van der Waals surface area contributed by atoms with Crippen LogP contribution in [0.2, 0.25) is 0 Å². The summed E-state index contributed by atoms with van der Waals surface area (Å²) in [5, 5.41) is 16.5. The van der Waals surface area contributed by atoms with Crippen LogP contribution in [0, 0.1) is 0 Å². The Bertz CT molecular complexity index is 208. The lowest BCUT2D eigenvalue weighted by molar-refractivity contribution is 0.237. The molecule has 1 unspecified atom stereocenters.